The van der Waals surface area contributed by atoms with Gasteiger partial charge in [-0.25, -0.2) is 14.8 Å². The van der Waals surface area contributed by atoms with Gasteiger partial charge < -0.3 is 35.6 Å². The molecule has 3 aromatic rings. The van der Waals surface area contributed by atoms with E-state index >= 15 is 0 Å². The second kappa shape index (κ2) is 11.0. The number of carbonyl (C=O) groups excluding carboxylic acids is 1. The number of nitrogens with one attached hydrogen (secondary N) is 1. The number of alkyl carbamates (subject to hydrolysis) is 1. The van der Waals surface area contributed by atoms with Crippen LogP contribution in [-0.4, -0.2) is 80.7 Å². The number of rotatable bonds is 8. The number of anilines is 1. The molecule has 1 saturated heterocycles. The molecule has 1 amide bonds. The Morgan fingerprint density at radius 1 is 1.19 bits per heavy atom. The SMILES string of the molecule is CN(CCNC(=O)OCc1ccc(C(C)(C)C)cc1)C[C@H]1O[C@@H](n2cnc3c(N)ccnc32)[C@H](O)[C@@H]1O. The van der Waals surface area contributed by atoms with Crippen LogP contribution < -0.4 is 11.1 Å². The Morgan fingerprint density at radius 3 is 2.62 bits per heavy atom. The minimum Gasteiger partial charge on any atom is -0.445 e. The van der Waals surface area contributed by atoms with Gasteiger partial charge in [0.25, 0.3) is 0 Å². The Kier molecular flexibility index (Phi) is 7.98. The molecule has 0 bridgehead atoms. The van der Waals surface area contributed by atoms with E-state index in [4.69, 9.17) is 15.2 Å². The zero-order chi connectivity index (χ0) is 26.7. The van der Waals surface area contributed by atoms with Crippen molar-refractivity contribution in [1.82, 2.24) is 24.8 Å². The highest BCUT2D eigenvalue weighted by molar-refractivity contribution is 5.83. The van der Waals surface area contributed by atoms with Gasteiger partial charge in [-0.05, 0) is 29.7 Å². The zero-order valence-corrected chi connectivity index (χ0v) is 21.7. The van der Waals surface area contributed by atoms with E-state index in [1.54, 1.807) is 16.8 Å². The van der Waals surface area contributed by atoms with E-state index in [0.717, 1.165) is 5.56 Å². The van der Waals surface area contributed by atoms with Crippen molar-refractivity contribution in [2.24, 2.45) is 0 Å². The molecule has 1 fully saturated rings. The summed E-state index contributed by atoms with van der Waals surface area (Å²) < 4.78 is 12.9. The zero-order valence-electron chi connectivity index (χ0n) is 21.7. The largest absolute Gasteiger partial charge is 0.445 e. The minimum absolute atomic E-state index is 0.0704. The number of hydrogen-bond acceptors (Lipinski definition) is 9. The monoisotopic (exact) mass is 512 g/mol. The highest BCUT2D eigenvalue weighted by Gasteiger charge is 2.44. The van der Waals surface area contributed by atoms with Crippen molar-refractivity contribution in [3.63, 3.8) is 0 Å². The van der Waals surface area contributed by atoms with Crippen LogP contribution in [0.4, 0.5) is 10.5 Å². The fourth-order valence-corrected chi connectivity index (χ4v) is 4.30. The van der Waals surface area contributed by atoms with Gasteiger partial charge in [0.2, 0.25) is 0 Å². The maximum Gasteiger partial charge on any atom is 0.407 e. The number of nitrogens with zero attached hydrogens (tertiary/aromatic N) is 4. The van der Waals surface area contributed by atoms with Gasteiger partial charge in [-0.2, -0.15) is 0 Å². The summed E-state index contributed by atoms with van der Waals surface area (Å²) in [6.07, 6.45) is -1.21. The van der Waals surface area contributed by atoms with Crippen LogP contribution >= 0.6 is 0 Å². The first-order valence-electron chi connectivity index (χ1n) is 12.3. The number of aliphatic hydroxyl groups excluding tert-OH is 2. The predicted octanol–water partition coefficient (Wildman–Crippen LogP) is 1.79. The highest BCUT2D eigenvalue weighted by Crippen LogP contribution is 2.32. The number of nitrogens with two attached hydrogens (primary N) is 1. The Hall–Kier alpha value is -3.25. The van der Waals surface area contributed by atoms with E-state index in [9.17, 15) is 15.0 Å². The van der Waals surface area contributed by atoms with Crippen LogP contribution in [0.25, 0.3) is 11.2 Å². The lowest BCUT2D eigenvalue weighted by Crippen LogP contribution is -2.41. The molecular formula is C26H36N6O5. The summed E-state index contributed by atoms with van der Waals surface area (Å²) in [4.78, 5) is 22.5. The van der Waals surface area contributed by atoms with Crippen LogP contribution in [0.3, 0.4) is 0 Å². The molecule has 0 radical (unpaired) electrons. The lowest BCUT2D eigenvalue weighted by atomic mass is 9.87. The van der Waals surface area contributed by atoms with Crippen LogP contribution in [0.5, 0.6) is 0 Å². The molecule has 0 spiro atoms. The van der Waals surface area contributed by atoms with Gasteiger partial charge in [0, 0.05) is 25.8 Å². The normalized spacial score (nSPS) is 22.0. The van der Waals surface area contributed by atoms with Crippen molar-refractivity contribution in [1.29, 1.82) is 0 Å². The van der Waals surface area contributed by atoms with Crippen LogP contribution in [0.2, 0.25) is 0 Å². The van der Waals surface area contributed by atoms with Crippen molar-refractivity contribution in [2.75, 3.05) is 32.4 Å². The van der Waals surface area contributed by atoms with Gasteiger partial charge in [-0.3, -0.25) is 4.57 Å². The van der Waals surface area contributed by atoms with Crippen molar-refractivity contribution in [3.05, 3.63) is 54.0 Å². The lowest BCUT2D eigenvalue weighted by molar-refractivity contribution is -0.0420. The first-order valence-corrected chi connectivity index (χ1v) is 12.3. The maximum atomic E-state index is 12.1. The van der Waals surface area contributed by atoms with Crippen molar-refractivity contribution in [2.45, 2.75) is 57.3 Å². The Bertz CT molecular complexity index is 1210. The van der Waals surface area contributed by atoms with Gasteiger partial charge in [0.05, 0.1) is 12.0 Å². The number of imidazole rings is 1. The van der Waals surface area contributed by atoms with E-state index in [1.165, 1.54) is 11.9 Å². The Balaban J connectivity index is 1.22. The second-order valence-corrected chi connectivity index (χ2v) is 10.5. The summed E-state index contributed by atoms with van der Waals surface area (Å²) >= 11 is 0. The Labute approximate surface area is 216 Å². The van der Waals surface area contributed by atoms with Crippen LogP contribution in [0.15, 0.2) is 42.9 Å². The third-order valence-electron chi connectivity index (χ3n) is 6.55. The van der Waals surface area contributed by atoms with E-state index in [-0.39, 0.29) is 12.0 Å². The summed E-state index contributed by atoms with van der Waals surface area (Å²) in [7, 11) is 1.84. The number of benzene rings is 1. The quantitative estimate of drug-likeness (QED) is 0.354. The molecule has 11 heteroatoms. The molecule has 200 valence electrons. The van der Waals surface area contributed by atoms with Crippen molar-refractivity contribution >= 4 is 22.9 Å². The molecule has 11 nitrogen and oxygen atoms in total. The number of pyridine rings is 1. The summed E-state index contributed by atoms with van der Waals surface area (Å²) in [6.45, 7) is 7.83. The standard InChI is InChI=1S/C26H36N6O5/c1-26(2,3)17-7-5-16(6-8-17)14-36-25(35)29-11-12-31(4)13-19-21(33)22(34)24(37-19)32-15-30-20-18(27)9-10-28-23(20)32/h5-10,15,19,21-22,24,33-34H,11-14H2,1-4H3,(H2,27,28)(H,29,35)/t19-,21-,22-,24-/m1/s1. The summed E-state index contributed by atoms with van der Waals surface area (Å²) in [5, 5.41) is 23.9. The van der Waals surface area contributed by atoms with Gasteiger partial charge in [-0.15, -0.1) is 0 Å². The van der Waals surface area contributed by atoms with E-state index in [0.29, 0.717) is 36.5 Å². The van der Waals surface area contributed by atoms with E-state index in [1.807, 2.05) is 36.2 Å². The number of nitrogen functional groups attached to an aromatic ring is 1. The van der Waals surface area contributed by atoms with E-state index < -0.39 is 30.6 Å². The van der Waals surface area contributed by atoms with Crippen molar-refractivity contribution < 1.29 is 24.5 Å². The first-order chi connectivity index (χ1) is 17.5. The highest BCUT2D eigenvalue weighted by atomic mass is 16.6. The number of carbonyl (C=O) groups is 1. The topological polar surface area (TPSA) is 148 Å². The molecule has 3 heterocycles. The van der Waals surface area contributed by atoms with Crippen LogP contribution in [0.1, 0.15) is 38.1 Å². The summed E-state index contributed by atoms with van der Waals surface area (Å²) in [5.41, 5.74) is 9.61. The molecule has 2 aromatic heterocycles. The first kappa shape index (κ1) is 26.8. The number of hydrogen-bond donors (Lipinski definition) is 4. The van der Waals surface area contributed by atoms with E-state index in [2.05, 4.69) is 36.1 Å². The average Bonchev–Trinajstić information content (AvgIpc) is 3.40. The van der Waals surface area contributed by atoms with Gasteiger partial charge >= 0.3 is 6.09 Å². The molecule has 1 aliphatic heterocycles. The molecule has 0 aliphatic carbocycles. The molecule has 4 atom stereocenters. The molecule has 0 saturated carbocycles. The molecule has 1 aromatic carbocycles. The maximum absolute atomic E-state index is 12.1. The van der Waals surface area contributed by atoms with Crippen LogP contribution in [0, 0.1) is 0 Å². The number of likely N-dealkylation sites (N-methyl/N-ethyl adjacent to an activating group) is 1. The Morgan fingerprint density at radius 2 is 1.92 bits per heavy atom. The molecule has 37 heavy (non-hydrogen) atoms. The number of aromatic nitrogens is 3. The van der Waals surface area contributed by atoms with Gasteiger partial charge in [0.15, 0.2) is 11.9 Å². The number of aliphatic hydroxyl groups is 2. The number of fused-ring (bicyclic) bond motifs is 1. The van der Waals surface area contributed by atoms with Gasteiger partial charge in [-0.1, -0.05) is 45.0 Å². The summed E-state index contributed by atoms with van der Waals surface area (Å²) in [5.74, 6) is 0. The van der Waals surface area contributed by atoms with Gasteiger partial charge in [0.1, 0.15) is 30.4 Å². The smallest absolute Gasteiger partial charge is 0.407 e. The fraction of sp³-hybridized carbons (Fsp3) is 0.500. The number of amides is 1. The molecule has 0 unspecified atom stereocenters. The summed E-state index contributed by atoms with van der Waals surface area (Å²) in [6, 6.07) is 9.68. The lowest BCUT2D eigenvalue weighted by Gasteiger charge is -2.22. The molecule has 1 aliphatic rings. The molecule has 4 rings (SSSR count). The number of ether oxygens (including phenoxy) is 2. The second-order valence-electron chi connectivity index (χ2n) is 10.5. The van der Waals surface area contributed by atoms with Crippen LogP contribution in [-0.2, 0) is 21.5 Å². The van der Waals surface area contributed by atoms with Crippen molar-refractivity contribution in [3.8, 4) is 0 Å². The predicted molar refractivity (Wildman–Crippen MR) is 139 cm³/mol. The molecular weight excluding hydrogens is 476 g/mol. The fourth-order valence-electron chi connectivity index (χ4n) is 4.30. The molecule has 5 N–H and O–H groups in total. The minimum atomic E-state index is -1.16. The third kappa shape index (κ3) is 6.19. The average molecular weight is 513 g/mol. The third-order valence-corrected chi connectivity index (χ3v) is 6.55.